The molecule has 2 heterocycles. The summed E-state index contributed by atoms with van der Waals surface area (Å²) in [6, 6.07) is 6.62. The van der Waals surface area contributed by atoms with Crippen molar-refractivity contribution < 1.29 is 4.74 Å². The lowest BCUT2D eigenvalue weighted by molar-refractivity contribution is 0.0842. The molecule has 6 nitrogen and oxygen atoms in total. The standard InChI is InChI=1S/C18H30N4O2Si/c1-14-17(20-2)11-15(12-21-8-6-7-16(19)18(21)23)22(14)13-24-9-10-25(3,4)5/h6-8,11,20H,9-10,12-13,19H2,1-5H3. The summed E-state index contributed by atoms with van der Waals surface area (Å²) < 4.78 is 9.67. The summed E-state index contributed by atoms with van der Waals surface area (Å²) in [6.07, 6.45) is 1.76. The molecule has 0 aromatic carbocycles. The molecule has 0 spiro atoms. The minimum Gasteiger partial charge on any atom is -0.394 e. The Balaban J connectivity index is 2.19. The van der Waals surface area contributed by atoms with Gasteiger partial charge in [-0.25, -0.2) is 0 Å². The van der Waals surface area contributed by atoms with Crippen LogP contribution in [0.4, 0.5) is 11.4 Å². The van der Waals surface area contributed by atoms with Crippen LogP contribution in [0.15, 0.2) is 29.2 Å². The van der Waals surface area contributed by atoms with Gasteiger partial charge < -0.3 is 24.9 Å². The Morgan fingerprint density at radius 1 is 1.32 bits per heavy atom. The summed E-state index contributed by atoms with van der Waals surface area (Å²) in [5.74, 6) is 0. The summed E-state index contributed by atoms with van der Waals surface area (Å²) in [6.45, 7) is 10.8. The van der Waals surface area contributed by atoms with Crippen molar-refractivity contribution in [1.29, 1.82) is 0 Å². The van der Waals surface area contributed by atoms with E-state index in [-0.39, 0.29) is 11.2 Å². The largest absolute Gasteiger partial charge is 0.394 e. The molecule has 7 heteroatoms. The molecule has 0 saturated heterocycles. The minimum atomic E-state index is -1.10. The van der Waals surface area contributed by atoms with Crippen molar-refractivity contribution in [1.82, 2.24) is 9.13 Å². The third-order valence-electron chi connectivity index (χ3n) is 4.32. The Bertz CT molecular complexity index is 774. The molecule has 138 valence electrons. The van der Waals surface area contributed by atoms with E-state index < -0.39 is 8.07 Å². The van der Waals surface area contributed by atoms with Gasteiger partial charge in [0.05, 0.1) is 17.9 Å². The highest BCUT2D eigenvalue weighted by atomic mass is 28.3. The van der Waals surface area contributed by atoms with Gasteiger partial charge in [0.25, 0.3) is 5.56 Å². The van der Waals surface area contributed by atoms with E-state index in [1.54, 1.807) is 22.9 Å². The summed E-state index contributed by atoms with van der Waals surface area (Å²) >= 11 is 0. The van der Waals surface area contributed by atoms with Crippen molar-refractivity contribution in [2.45, 2.75) is 45.9 Å². The van der Waals surface area contributed by atoms with Crippen LogP contribution in [-0.2, 0) is 18.0 Å². The lowest BCUT2D eigenvalue weighted by Crippen LogP contribution is -2.24. The minimum absolute atomic E-state index is 0.168. The van der Waals surface area contributed by atoms with E-state index in [9.17, 15) is 4.79 Å². The maximum Gasteiger partial charge on any atom is 0.274 e. The van der Waals surface area contributed by atoms with Crippen molar-refractivity contribution >= 4 is 19.4 Å². The molecule has 0 saturated carbocycles. The molecule has 0 radical (unpaired) electrons. The molecular weight excluding hydrogens is 332 g/mol. The van der Waals surface area contributed by atoms with E-state index in [4.69, 9.17) is 10.5 Å². The van der Waals surface area contributed by atoms with Crippen LogP contribution in [-0.4, -0.2) is 30.9 Å². The molecule has 2 rings (SSSR count). The van der Waals surface area contributed by atoms with Crippen molar-refractivity contribution in [2.75, 3.05) is 24.7 Å². The molecule has 25 heavy (non-hydrogen) atoms. The van der Waals surface area contributed by atoms with Gasteiger partial charge in [-0.15, -0.1) is 0 Å². The fourth-order valence-electron chi connectivity index (χ4n) is 2.66. The van der Waals surface area contributed by atoms with E-state index in [1.165, 1.54) is 0 Å². The van der Waals surface area contributed by atoms with E-state index in [0.717, 1.165) is 29.7 Å². The van der Waals surface area contributed by atoms with Crippen LogP contribution in [0, 0.1) is 6.92 Å². The topological polar surface area (TPSA) is 74.2 Å². The number of nitrogens with two attached hydrogens (primary N) is 1. The highest BCUT2D eigenvalue weighted by Crippen LogP contribution is 2.21. The van der Waals surface area contributed by atoms with Crippen molar-refractivity contribution in [2.24, 2.45) is 0 Å². The van der Waals surface area contributed by atoms with Gasteiger partial charge in [-0.3, -0.25) is 4.79 Å². The highest BCUT2D eigenvalue weighted by Gasteiger charge is 2.15. The molecule has 0 amide bonds. The number of nitrogens with zero attached hydrogens (tertiary/aromatic N) is 2. The summed E-state index contributed by atoms with van der Waals surface area (Å²) in [4.78, 5) is 12.2. The van der Waals surface area contributed by atoms with Crippen LogP contribution < -0.4 is 16.6 Å². The highest BCUT2D eigenvalue weighted by molar-refractivity contribution is 6.76. The van der Waals surface area contributed by atoms with Gasteiger partial charge in [0.1, 0.15) is 6.73 Å². The number of rotatable bonds is 8. The monoisotopic (exact) mass is 362 g/mol. The van der Waals surface area contributed by atoms with Gasteiger partial charge in [-0.05, 0) is 31.2 Å². The zero-order valence-electron chi connectivity index (χ0n) is 15.9. The fourth-order valence-corrected chi connectivity index (χ4v) is 3.42. The Labute approximate surface area is 150 Å². The van der Waals surface area contributed by atoms with Crippen molar-refractivity contribution in [3.63, 3.8) is 0 Å². The number of aromatic nitrogens is 2. The van der Waals surface area contributed by atoms with Gasteiger partial charge in [0.2, 0.25) is 0 Å². The molecule has 0 unspecified atom stereocenters. The van der Waals surface area contributed by atoms with Gasteiger partial charge >= 0.3 is 0 Å². The van der Waals surface area contributed by atoms with E-state index in [1.807, 2.05) is 7.05 Å². The maximum absolute atomic E-state index is 12.2. The number of nitrogen functional groups attached to an aromatic ring is 1. The van der Waals surface area contributed by atoms with Crippen LogP contribution in [0.1, 0.15) is 11.4 Å². The Morgan fingerprint density at radius 3 is 2.68 bits per heavy atom. The molecule has 3 N–H and O–H groups in total. The number of hydrogen-bond acceptors (Lipinski definition) is 4. The van der Waals surface area contributed by atoms with Crippen LogP contribution in [0.25, 0.3) is 0 Å². The predicted molar refractivity (Wildman–Crippen MR) is 107 cm³/mol. The van der Waals surface area contributed by atoms with Crippen LogP contribution in [0.3, 0.4) is 0 Å². The van der Waals surface area contributed by atoms with E-state index in [0.29, 0.717) is 13.3 Å². The summed E-state index contributed by atoms with van der Waals surface area (Å²) in [5.41, 5.74) is 8.99. The normalized spacial score (nSPS) is 11.7. The second-order valence-corrected chi connectivity index (χ2v) is 13.2. The SMILES string of the molecule is CNc1cc(Cn2cccc(N)c2=O)n(COCC[Si](C)(C)C)c1C. The van der Waals surface area contributed by atoms with E-state index >= 15 is 0 Å². The fraction of sp³-hybridized carbons (Fsp3) is 0.500. The average Bonchev–Trinajstić information content (AvgIpc) is 2.83. The Morgan fingerprint density at radius 2 is 2.04 bits per heavy atom. The zero-order chi connectivity index (χ0) is 18.6. The number of anilines is 2. The second kappa shape index (κ2) is 7.92. The lowest BCUT2D eigenvalue weighted by atomic mass is 10.3. The zero-order valence-corrected chi connectivity index (χ0v) is 16.9. The second-order valence-electron chi connectivity index (χ2n) is 7.56. The molecule has 2 aromatic heterocycles. The lowest BCUT2D eigenvalue weighted by Gasteiger charge is -2.17. The Kier molecular flexibility index (Phi) is 6.13. The smallest absolute Gasteiger partial charge is 0.274 e. The third-order valence-corrected chi connectivity index (χ3v) is 6.02. The predicted octanol–water partition coefficient (Wildman–Crippen LogP) is 2.94. The quantitative estimate of drug-likeness (QED) is 0.559. The first kappa shape index (κ1) is 19.3. The van der Waals surface area contributed by atoms with Gasteiger partial charge in [-0.1, -0.05) is 19.6 Å². The van der Waals surface area contributed by atoms with Crippen molar-refractivity contribution in [3.8, 4) is 0 Å². The van der Waals surface area contributed by atoms with E-state index in [2.05, 4.69) is 42.5 Å². The average molecular weight is 363 g/mol. The summed E-state index contributed by atoms with van der Waals surface area (Å²) in [7, 11) is 0.793. The van der Waals surface area contributed by atoms with Crippen LogP contribution >= 0.6 is 0 Å². The number of nitrogens with one attached hydrogen (secondary N) is 1. The molecule has 2 aromatic rings. The van der Waals surface area contributed by atoms with Crippen LogP contribution in [0.2, 0.25) is 25.7 Å². The Hall–Kier alpha value is -1.99. The molecule has 0 aliphatic rings. The number of pyridine rings is 1. The molecule has 0 bridgehead atoms. The number of hydrogen-bond donors (Lipinski definition) is 2. The molecule has 0 atom stereocenters. The molecule has 0 aliphatic carbocycles. The molecule has 0 aliphatic heterocycles. The van der Waals surface area contributed by atoms with Gasteiger partial charge in [-0.2, -0.15) is 0 Å². The van der Waals surface area contributed by atoms with Crippen LogP contribution in [0.5, 0.6) is 0 Å². The number of ether oxygens (including phenoxy) is 1. The molecular formula is C18H30N4O2Si. The van der Waals surface area contributed by atoms with Gasteiger partial charge in [0, 0.05) is 39.3 Å². The van der Waals surface area contributed by atoms with Crippen molar-refractivity contribution in [3.05, 3.63) is 46.1 Å². The summed E-state index contributed by atoms with van der Waals surface area (Å²) in [5, 5.41) is 3.20. The maximum atomic E-state index is 12.2. The first-order valence-corrected chi connectivity index (χ1v) is 12.3. The first-order chi connectivity index (χ1) is 11.7. The first-order valence-electron chi connectivity index (χ1n) is 8.62. The third kappa shape index (κ3) is 4.99. The molecule has 0 fully saturated rings. The van der Waals surface area contributed by atoms with Gasteiger partial charge in [0.15, 0.2) is 0 Å².